The fourth-order valence-corrected chi connectivity index (χ4v) is 2.01. The van der Waals surface area contributed by atoms with Crippen LogP contribution >= 0.6 is 15.9 Å². The Morgan fingerprint density at radius 2 is 2.16 bits per heavy atom. The van der Waals surface area contributed by atoms with Gasteiger partial charge in [-0.05, 0) is 31.0 Å². The number of carbonyl (C=O) groups is 2. The molecule has 0 spiro atoms. The maximum absolute atomic E-state index is 13.6. The van der Waals surface area contributed by atoms with Crippen LogP contribution in [0.25, 0.3) is 0 Å². The molecular weight excluding hydrogens is 319 g/mol. The predicted octanol–water partition coefficient (Wildman–Crippen LogP) is 2.67. The van der Waals surface area contributed by atoms with Crippen LogP contribution in [0.3, 0.4) is 0 Å². The highest BCUT2D eigenvalue weighted by Crippen LogP contribution is 2.28. The van der Waals surface area contributed by atoms with Crippen molar-refractivity contribution >= 4 is 33.6 Å². The van der Waals surface area contributed by atoms with Gasteiger partial charge < -0.3 is 15.3 Å². The number of urea groups is 1. The van der Waals surface area contributed by atoms with Gasteiger partial charge in [-0.2, -0.15) is 0 Å². The molecule has 0 saturated heterocycles. The molecule has 0 bridgehead atoms. The van der Waals surface area contributed by atoms with Crippen LogP contribution in [0, 0.1) is 5.82 Å². The van der Waals surface area contributed by atoms with Crippen molar-refractivity contribution < 1.29 is 19.1 Å². The molecule has 0 unspecified atom stereocenters. The summed E-state index contributed by atoms with van der Waals surface area (Å²) < 4.78 is 14.1. The van der Waals surface area contributed by atoms with Crippen LogP contribution in [-0.4, -0.2) is 34.6 Å². The molecule has 2 rings (SSSR count). The van der Waals surface area contributed by atoms with Crippen molar-refractivity contribution in [3.8, 4) is 0 Å². The zero-order valence-corrected chi connectivity index (χ0v) is 11.5. The summed E-state index contributed by atoms with van der Waals surface area (Å²) in [7, 11) is 0. The predicted molar refractivity (Wildman–Crippen MR) is 70.5 cm³/mol. The number of benzene rings is 1. The molecule has 0 aromatic heterocycles. The summed E-state index contributed by atoms with van der Waals surface area (Å²) in [5, 5.41) is 11.2. The summed E-state index contributed by atoms with van der Waals surface area (Å²) >= 11 is 3.12. The Morgan fingerprint density at radius 3 is 2.68 bits per heavy atom. The first kappa shape index (κ1) is 13.8. The average molecular weight is 331 g/mol. The number of carboxylic acid groups (broad SMARTS) is 1. The first-order valence-electron chi connectivity index (χ1n) is 5.72. The molecule has 1 aromatic rings. The van der Waals surface area contributed by atoms with Crippen molar-refractivity contribution in [2.45, 2.75) is 18.9 Å². The zero-order valence-electron chi connectivity index (χ0n) is 9.90. The van der Waals surface area contributed by atoms with E-state index >= 15 is 0 Å². The second-order valence-electron chi connectivity index (χ2n) is 4.31. The number of halogens is 2. The molecule has 0 atom stereocenters. The Bertz CT molecular complexity index is 520. The number of nitrogens with zero attached hydrogens (tertiary/aromatic N) is 1. The Labute approximate surface area is 117 Å². The molecule has 1 aliphatic rings. The Balaban J connectivity index is 2.07. The quantitative estimate of drug-likeness (QED) is 0.891. The molecule has 2 amide bonds. The van der Waals surface area contributed by atoms with Crippen molar-refractivity contribution in [2.24, 2.45) is 0 Å². The zero-order chi connectivity index (χ0) is 14.0. The molecule has 1 aliphatic carbocycles. The first-order chi connectivity index (χ1) is 8.97. The maximum Gasteiger partial charge on any atom is 0.323 e. The van der Waals surface area contributed by atoms with Gasteiger partial charge >= 0.3 is 12.0 Å². The molecular formula is C12H12BrFN2O3. The number of nitrogens with one attached hydrogen (secondary N) is 1. The highest BCUT2D eigenvalue weighted by atomic mass is 79.9. The van der Waals surface area contributed by atoms with E-state index in [0.29, 0.717) is 4.47 Å². The third-order valence-electron chi connectivity index (χ3n) is 2.73. The van der Waals surface area contributed by atoms with Crippen molar-refractivity contribution in [3.05, 3.63) is 28.5 Å². The lowest BCUT2D eigenvalue weighted by atomic mass is 10.3. The van der Waals surface area contributed by atoms with Crippen LogP contribution in [0.4, 0.5) is 14.9 Å². The third kappa shape index (κ3) is 3.66. The lowest BCUT2D eigenvalue weighted by Gasteiger charge is -2.20. The fraction of sp³-hybridized carbons (Fsp3) is 0.333. The van der Waals surface area contributed by atoms with E-state index in [-0.39, 0.29) is 18.3 Å². The summed E-state index contributed by atoms with van der Waals surface area (Å²) in [5.41, 5.74) is 0.0317. The van der Waals surface area contributed by atoms with Gasteiger partial charge in [-0.15, -0.1) is 0 Å². The van der Waals surface area contributed by atoms with E-state index in [1.54, 1.807) is 6.07 Å². The van der Waals surface area contributed by atoms with E-state index in [4.69, 9.17) is 5.11 Å². The SMILES string of the molecule is O=C(O)CN(C(=O)Nc1ccc(Br)cc1F)C1CC1. The summed E-state index contributed by atoms with van der Waals surface area (Å²) in [6.45, 7) is -0.380. The minimum atomic E-state index is -1.08. The van der Waals surface area contributed by atoms with Crippen LogP contribution in [0.2, 0.25) is 0 Å². The van der Waals surface area contributed by atoms with E-state index in [0.717, 1.165) is 12.8 Å². The second-order valence-corrected chi connectivity index (χ2v) is 5.22. The van der Waals surface area contributed by atoms with E-state index in [1.807, 2.05) is 0 Å². The molecule has 1 saturated carbocycles. The number of rotatable bonds is 4. The van der Waals surface area contributed by atoms with Crippen LogP contribution < -0.4 is 5.32 Å². The average Bonchev–Trinajstić information content (AvgIpc) is 3.13. The lowest BCUT2D eigenvalue weighted by Crippen LogP contribution is -2.40. The molecule has 19 heavy (non-hydrogen) atoms. The van der Waals surface area contributed by atoms with E-state index in [2.05, 4.69) is 21.2 Å². The number of aliphatic carboxylic acids is 1. The number of amides is 2. The molecule has 2 N–H and O–H groups in total. The van der Waals surface area contributed by atoms with Gasteiger partial charge in [0.1, 0.15) is 12.4 Å². The lowest BCUT2D eigenvalue weighted by molar-refractivity contribution is -0.137. The second kappa shape index (κ2) is 5.56. The summed E-state index contributed by atoms with van der Waals surface area (Å²) in [5.74, 6) is -1.66. The van der Waals surface area contributed by atoms with E-state index in [1.165, 1.54) is 17.0 Å². The van der Waals surface area contributed by atoms with Crippen LogP contribution in [0.1, 0.15) is 12.8 Å². The topological polar surface area (TPSA) is 69.6 Å². The van der Waals surface area contributed by atoms with Gasteiger partial charge in [0.25, 0.3) is 0 Å². The van der Waals surface area contributed by atoms with Gasteiger partial charge in [0.15, 0.2) is 0 Å². The van der Waals surface area contributed by atoms with Gasteiger partial charge in [0.2, 0.25) is 0 Å². The van der Waals surface area contributed by atoms with Crippen molar-refractivity contribution in [2.75, 3.05) is 11.9 Å². The van der Waals surface area contributed by atoms with Crippen LogP contribution in [0.15, 0.2) is 22.7 Å². The normalized spacial score (nSPS) is 14.0. The van der Waals surface area contributed by atoms with E-state index in [9.17, 15) is 14.0 Å². The number of anilines is 1. The third-order valence-corrected chi connectivity index (χ3v) is 3.22. The molecule has 5 nitrogen and oxygen atoms in total. The highest BCUT2D eigenvalue weighted by molar-refractivity contribution is 9.10. The van der Waals surface area contributed by atoms with Crippen molar-refractivity contribution in [1.29, 1.82) is 0 Å². The number of carboxylic acids is 1. The van der Waals surface area contributed by atoms with Gasteiger partial charge in [-0.1, -0.05) is 15.9 Å². The molecule has 0 heterocycles. The summed E-state index contributed by atoms with van der Waals surface area (Å²) in [6, 6.07) is 3.59. The molecule has 102 valence electrons. The summed E-state index contributed by atoms with van der Waals surface area (Å²) in [6.07, 6.45) is 1.56. The highest BCUT2D eigenvalue weighted by Gasteiger charge is 2.34. The smallest absolute Gasteiger partial charge is 0.323 e. The molecule has 1 aromatic carbocycles. The molecule has 1 fully saturated rings. The van der Waals surface area contributed by atoms with Crippen molar-refractivity contribution in [3.63, 3.8) is 0 Å². The van der Waals surface area contributed by atoms with Crippen molar-refractivity contribution in [1.82, 2.24) is 4.90 Å². The minimum absolute atomic E-state index is 0.0317. The molecule has 7 heteroatoms. The first-order valence-corrected chi connectivity index (χ1v) is 6.51. The van der Waals surface area contributed by atoms with Gasteiger partial charge in [-0.3, -0.25) is 4.79 Å². The Morgan fingerprint density at radius 1 is 1.47 bits per heavy atom. The fourth-order valence-electron chi connectivity index (χ4n) is 1.68. The largest absolute Gasteiger partial charge is 0.480 e. The number of hydrogen-bond acceptors (Lipinski definition) is 2. The van der Waals surface area contributed by atoms with Gasteiger partial charge in [-0.25, -0.2) is 9.18 Å². The monoisotopic (exact) mass is 330 g/mol. The van der Waals surface area contributed by atoms with Crippen LogP contribution in [0.5, 0.6) is 0 Å². The van der Waals surface area contributed by atoms with Crippen LogP contribution in [-0.2, 0) is 4.79 Å². The number of hydrogen-bond donors (Lipinski definition) is 2. The standard InChI is InChI=1S/C12H12BrFN2O3/c13-7-1-4-10(9(14)5-7)15-12(19)16(6-11(17)18)8-2-3-8/h1,4-5,8H,2-3,6H2,(H,15,19)(H,17,18). The minimum Gasteiger partial charge on any atom is -0.480 e. The van der Waals surface area contributed by atoms with Gasteiger partial charge in [0.05, 0.1) is 5.69 Å². The molecule has 0 radical (unpaired) electrons. The molecule has 0 aliphatic heterocycles. The Kier molecular flexibility index (Phi) is 4.04. The van der Waals surface area contributed by atoms with E-state index < -0.39 is 17.8 Å². The van der Waals surface area contributed by atoms with Gasteiger partial charge in [0, 0.05) is 10.5 Å². The maximum atomic E-state index is 13.6. The Hall–Kier alpha value is -1.63. The summed E-state index contributed by atoms with van der Waals surface area (Å²) in [4.78, 5) is 23.9. The number of carbonyl (C=O) groups excluding carboxylic acids is 1.